The summed E-state index contributed by atoms with van der Waals surface area (Å²) in [5.41, 5.74) is 2.41. The van der Waals surface area contributed by atoms with Crippen LogP contribution in [0, 0.1) is 0 Å². The molecule has 5 heteroatoms. The van der Waals surface area contributed by atoms with Crippen molar-refractivity contribution in [2.45, 2.75) is 13.2 Å². The molecule has 1 fully saturated rings. The van der Waals surface area contributed by atoms with Gasteiger partial charge in [-0.2, -0.15) is 0 Å². The third-order valence-corrected chi connectivity index (χ3v) is 4.75. The van der Waals surface area contributed by atoms with E-state index in [2.05, 4.69) is 29.6 Å². The number of hydrogen-bond acceptors (Lipinski definition) is 3. The van der Waals surface area contributed by atoms with Gasteiger partial charge in [0.15, 0.2) is 11.5 Å². The average Bonchev–Trinajstić information content (AvgIpc) is 2.71. The predicted molar refractivity (Wildman–Crippen MR) is 101 cm³/mol. The van der Waals surface area contributed by atoms with Gasteiger partial charge < -0.3 is 24.4 Å². The molecule has 1 saturated heterocycles. The Kier molecular flexibility index (Phi) is 7.31. The second kappa shape index (κ2) is 10.2. The molecule has 3 rings (SSSR count). The van der Waals surface area contributed by atoms with Gasteiger partial charge in [0.2, 0.25) is 0 Å². The summed E-state index contributed by atoms with van der Waals surface area (Å²) >= 11 is 0. The number of ether oxygens (including phenoxy) is 3. The zero-order valence-electron chi connectivity index (χ0n) is 15.6. The van der Waals surface area contributed by atoms with Crippen molar-refractivity contribution >= 4 is 0 Å². The Morgan fingerprint density at radius 3 is 2.58 bits per heavy atom. The van der Waals surface area contributed by atoms with Crippen molar-refractivity contribution in [2.75, 3.05) is 46.5 Å². The normalized spacial score (nSPS) is 15.0. The van der Waals surface area contributed by atoms with Gasteiger partial charge in [0.25, 0.3) is 0 Å². The first-order chi connectivity index (χ1) is 12.8. The van der Waals surface area contributed by atoms with Crippen LogP contribution >= 0.6 is 0 Å². The standard InChI is InChI=1S/C21H28N2O3/c1-24-20-8-7-19(16-22-9-10-23-11-13-25-14-12-23)15-21(20)26-17-18-5-3-2-4-6-18/h2-8,15,22H,9-14,16-17H2,1H3/p+2. The van der Waals surface area contributed by atoms with Gasteiger partial charge in [0, 0.05) is 5.56 Å². The Labute approximate surface area is 155 Å². The molecule has 0 bridgehead atoms. The SMILES string of the molecule is COc1ccc(C[NH2+]CC[NH+]2CCOCC2)cc1OCc1ccccc1. The molecule has 1 aliphatic heterocycles. The minimum Gasteiger partial charge on any atom is -0.493 e. The lowest BCUT2D eigenvalue weighted by Crippen LogP contribution is -3.16. The van der Waals surface area contributed by atoms with E-state index in [4.69, 9.17) is 14.2 Å². The number of methoxy groups -OCH3 is 1. The van der Waals surface area contributed by atoms with E-state index in [1.807, 2.05) is 24.3 Å². The number of nitrogens with two attached hydrogens (primary N) is 1. The van der Waals surface area contributed by atoms with E-state index in [0.717, 1.165) is 56.5 Å². The summed E-state index contributed by atoms with van der Waals surface area (Å²) in [6, 6.07) is 16.4. The Hall–Kier alpha value is -2.08. The lowest BCUT2D eigenvalue weighted by Gasteiger charge is -2.22. The molecule has 2 aromatic rings. The Balaban J connectivity index is 1.49. The molecule has 0 aliphatic carbocycles. The number of nitrogens with one attached hydrogen (secondary N) is 1. The molecule has 2 aromatic carbocycles. The fourth-order valence-corrected chi connectivity index (χ4v) is 3.18. The summed E-state index contributed by atoms with van der Waals surface area (Å²) in [6.45, 7) is 7.88. The topological polar surface area (TPSA) is 48.7 Å². The summed E-state index contributed by atoms with van der Waals surface area (Å²) in [5, 5.41) is 2.37. The van der Waals surface area contributed by atoms with Crippen molar-refractivity contribution in [3.63, 3.8) is 0 Å². The van der Waals surface area contributed by atoms with Crippen LogP contribution in [-0.2, 0) is 17.9 Å². The molecule has 5 nitrogen and oxygen atoms in total. The van der Waals surface area contributed by atoms with Crippen LogP contribution in [0.3, 0.4) is 0 Å². The molecule has 1 heterocycles. The molecular weight excluding hydrogens is 328 g/mol. The van der Waals surface area contributed by atoms with Gasteiger partial charge in [-0.3, -0.25) is 0 Å². The molecular formula is C21H30N2O3+2. The van der Waals surface area contributed by atoms with Crippen LogP contribution < -0.4 is 19.7 Å². The monoisotopic (exact) mass is 358 g/mol. The maximum Gasteiger partial charge on any atom is 0.162 e. The van der Waals surface area contributed by atoms with Crippen LogP contribution in [0.5, 0.6) is 11.5 Å². The second-order valence-electron chi connectivity index (χ2n) is 6.65. The van der Waals surface area contributed by atoms with Crippen molar-refractivity contribution in [3.05, 3.63) is 59.7 Å². The summed E-state index contributed by atoms with van der Waals surface area (Å²) in [7, 11) is 1.68. The molecule has 1 aliphatic rings. The number of quaternary nitrogens is 2. The van der Waals surface area contributed by atoms with Crippen molar-refractivity contribution in [2.24, 2.45) is 0 Å². The highest BCUT2D eigenvalue weighted by Gasteiger charge is 2.14. The lowest BCUT2D eigenvalue weighted by molar-refractivity contribution is -0.920. The molecule has 140 valence electrons. The van der Waals surface area contributed by atoms with Gasteiger partial charge in [-0.15, -0.1) is 0 Å². The lowest BCUT2D eigenvalue weighted by atomic mass is 10.2. The van der Waals surface area contributed by atoms with Crippen molar-refractivity contribution in [1.29, 1.82) is 0 Å². The fraction of sp³-hybridized carbons (Fsp3) is 0.429. The number of hydrogen-bond donors (Lipinski definition) is 2. The zero-order chi connectivity index (χ0) is 18.0. The van der Waals surface area contributed by atoms with Crippen LogP contribution in [0.1, 0.15) is 11.1 Å². The van der Waals surface area contributed by atoms with Gasteiger partial charge in [0.05, 0.1) is 20.3 Å². The van der Waals surface area contributed by atoms with E-state index in [1.165, 1.54) is 12.1 Å². The highest BCUT2D eigenvalue weighted by molar-refractivity contribution is 5.42. The smallest absolute Gasteiger partial charge is 0.162 e. The molecule has 0 saturated carbocycles. The van der Waals surface area contributed by atoms with Crippen LogP contribution in [0.25, 0.3) is 0 Å². The van der Waals surface area contributed by atoms with Gasteiger partial charge >= 0.3 is 0 Å². The van der Waals surface area contributed by atoms with Crippen molar-refractivity contribution in [1.82, 2.24) is 0 Å². The predicted octanol–water partition coefficient (Wildman–Crippen LogP) is 0.253. The highest BCUT2D eigenvalue weighted by Crippen LogP contribution is 2.28. The Morgan fingerprint density at radius 2 is 1.81 bits per heavy atom. The van der Waals surface area contributed by atoms with Gasteiger partial charge in [-0.05, 0) is 23.8 Å². The van der Waals surface area contributed by atoms with E-state index in [1.54, 1.807) is 12.0 Å². The first kappa shape index (κ1) is 18.7. The number of morpholine rings is 1. The molecule has 0 atom stereocenters. The van der Waals surface area contributed by atoms with E-state index in [0.29, 0.717) is 6.61 Å². The third kappa shape index (κ3) is 5.73. The Bertz CT molecular complexity index is 658. The maximum atomic E-state index is 6.00. The highest BCUT2D eigenvalue weighted by atomic mass is 16.5. The largest absolute Gasteiger partial charge is 0.493 e. The molecule has 3 N–H and O–H groups in total. The first-order valence-corrected chi connectivity index (χ1v) is 9.42. The molecule has 26 heavy (non-hydrogen) atoms. The van der Waals surface area contributed by atoms with E-state index >= 15 is 0 Å². The minimum absolute atomic E-state index is 0.546. The molecule has 0 spiro atoms. The van der Waals surface area contributed by atoms with Gasteiger partial charge in [0.1, 0.15) is 39.3 Å². The average molecular weight is 358 g/mol. The van der Waals surface area contributed by atoms with E-state index in [-0.39, 0.29) is 0 Å². The summed E-state index contributed by atoms with van der Waals surface area (Å²) in [5.74, 6) is 1.59. The van der Waals surface area contributed by atoms with Crippen LogP contribution in [0.2, 0.25) is 0 Å². The summed E-state index contributed by atoms with van der Waals surface area (Å²) < 4.78 is 16.9. The number of rotatable bonds is 9. The van der Waals surface area contributed by atoms with Crippen LogP contribution in [-0.4, -0.2) is 46.5 Å². The van der Waals surface area contributed by atoms with Crippen molar-refractivity contribution < 1.29 is 24.4 Å². The maximum absolute atomic E-state index is 6.00. The van der Waals surface area contributed by atoms with Gasteiger partial charge in [-0.1, -0.05) is 30.3 Å². The quantitative estimate of drug-likeness (QED) is 0.632. The van der Waals surface area contributed by atoms with E-state index in [9.17, 15) is 0 Å². The summed E-state index contributed by atoms with van der Waals surface area (Å²) in [6.07, 6.45) is 0. The third-order valence-electron chi connectivity index (χ3n) is 4.75. The number of benzene rings is 2. The fourth-order valence-electron chi connectivity index (χ4n) is 3.18. The molecule has 0 unspecified atom stereocenters. The van der Waals surface area contributed by atoms with Crippen LogP contribution in [0.15, 0.2) is 48.5 Å². The first-order valence-electron chi connectivity index (χ1n) is 9.42. The molecule has 0 radical (unpaired) electrons. The summed E-state index contributed by atoms with van der Waals surface area (Å²) in [4.78, 5) is 1.65. The van der Waals surface area contributed by atoms with Crippen molar-refractivity contribution in [3.8, 4) is 11.5 Å². The minimum atomic E-state index is 0.546. The van der Waals surface area contributed by atoms with Gasteiger partial charge in [-0.25, -0.2) is 0 Å². The van der Waals surface area contributed by atoms with E-state index < -0.39 is 0 Å². The zero-order valence-corrected chi connectivity index (χ0v) is 15.6. The van der Waals surface area contributed by atoms with Crippen LogP contribution in [0.4, 0.5) is 0 Å². The molecule has 0 aromatic heterocycles. The second-order valence-corrected chi connectivity index (χ2v) is 6.65. The Morgan fingerprint density at radius 1 is 1.00 bits per heavy atom. The molecule has 0 amide bonds.